The average molecular weight is 667 g/mol. The van der Waals surface area contributed by atoms with Crippen LogP contribution in [-0.4, -0.2) is 37.0 Å². The van der Waals surface area contributed by atoms with E-state index in [4.69, 9.17) is 9.47 Å². The Morgan fingerprint density at radius 2 is 1.61 bits per heavy atom. The number of barbiturate groups is 1. The molecule has 9 nitrogen and oxygen atoms in total. The minimum Gasteiger partial charge on any atom is -0.490 e. The van der Waals surface area contributed by atoms with E-state index in [0.717, 1.165) is 27.2 Å². The molecule has 0 bridgehead atoms. The van der Waals surface area contributed by atoms with Crippen LogP contribution in [0.1, 0.15) is 34.7 Å². The van der Waals surface area contributed by atoms with Crippen molar-refractivity contribution in [2.24, 2.45) is 0 Å². The Morgan fingerprint density at radius 3 is 2.27 bits per heavy atom. The highest BCUT2D eigenvalue weighted by atomic mass is 127. The number of carbonyl (C=O) groups excluding carboxylic acids is 4. The maximum absolute atomic E-state index is 13.4. The van der Waals surface area contributed by atoms with E-state index in [2.05, 4.69) is 10.6 Å². The lowest BCUT2D eigenvalue weighted by atomic mass is 10.0. The smallest absolute Gasteiger partial charge is 0.335 e. The fraction of sp³-hybridized carbons (Fsp3) is 0.226. The first kappa shape index (κ1) is 29.8. The predicted octanol–water partition coefficient (Wildman–Crippen LogP) is 5.61. The first-order chi connectivity index (χ1) is 19.5. The number of ether oxygens (including phenoxy) is 2. The molecule has 1 saturated heterocycles. The van der Waals surface area contributed by atoms with Crippen LogP contribution >= 0.6 is 22.6 Å². The van der Waals surface area contributed by atoms with Gasteiger partial charge in [-0.3, -0.25) is 19.7 Å². The second-order valence-corrected chi connectivity index (χ2v) is 10.8. The van der Waals surface area contributed by atoms with Gasteiger partial charge in [-0.1, -0.05) is 12.1 Å². The Morgan fingerprint density at radius 1 is 0.927 bits per heavy atom. The topological polar surface area (TPSA) is 114 Å². The first-order valence-electron chi connectivity index (χ1n) is 12.9. The Balaban J connectivity index is 1.58. The molecule has 0 unspecified atom stereocenters. The fourth-order valence-electron chi connectivity index (χ4n) is 4.15. The van der Waals surface area contributed by atoms with Gasteiger partial charge < -0.3 is 14.8 Å². The summed E-state index contributed by atoms with van der Waals surface area (Å²) >= 11 is 2.04. The van der Waals surface area contributed by atoms with Crippen molar-refractivity contribution in [3.8, 4) is 11.5 Å². The number of anilines is 2. The lowest BCUT2D eigenvalue weighted by Crippen LogP contribution is -2.54. The third kappa shape index (κ3) is 6.76. The highest BCUT2D eigenvalue weighted by molar-refractivity contribution is 14.1. The molecule has 3 aromatic rings. The standard InChI is InChI=1S/C31H30IN3O6/c1-6-40-26-15-21(14-25(32)28(26)41-16-27(36)33-22-9-7-17(2)19(4)11-22)13-24-29(37)34-31(39)35(30(24)38)23-10-8-18(3)20(5)12-23/h7-15H,6,16H2,1-5H3,(H,33,36)(H,34,37,39)/b24-13-. The molecule has 3 aromatic carbocycles. The molecule has 1 fully saturated rings. The van der Waals surface area contributed by atoms with Gasteiger partial charge in [0.1, 0.15) is 5.57 Å². The molecular formula is C31H30IN3O6. The van der Waals surface area contributed by atoms with Crippen LogP contribution in [0.3, 0.4) is 0 Å². The first-order valence-corrected chi connectivity index (χ1v) is 14.0. The number of halogens is 1. The number of imide groups is 2. The van der Waals surface area contributed by atoms with Crippen molar-refractivity contribution in [3.63, 3.8) is 0 Å². The van der Waals surface area contributed by atoms with E-state index in [9.17, 15) is 19.2 Å². The summed E-state index contributed by atoms with van der Waals surface area (Å²) in [4.78, 5) is 52.2. The number of amides is 5. The minimum absolute atomic E-state index is 0.206. The Labute approximate surface area is 252 Å². The molecule has 4 rings (SSSR count). The summed E-state index contributed by atoms with van der Waals surface area (Å²) in [6.07, 6.45) is 1.40. The zero-order valence-corrected chi connectivity index (χ0v) is 25.5. The Hall–Kier alpha value is -4.19. The summed E-state index contributed by atoms with van der Waals surface area (Å²) in [6.45, 7) is 9.64. The molecule has 0 radical (unpaired) electrons. The van der Waals surface area contributed by atoms with Crippen molar-refractivity contribution in [1.29, 1.82) is 0 Å². The van der Waals surface area contributed by atoms with E-state index in [-0.39, 0.29) is 18.1 Å². The zero-order chi connectivity index (χ0) is 29.8. The monoisotopic (exact) mass is 667 g/mol. The summed E-state index contributed by atoms with van der Waals surface area (Å²) in [5.74, 6) is -1.17. The quantitative estimate of drug-likeness (QED) is 0.184. The van der Waals surface area contributed by atoms with Gasteiger partial charge >= 0.3 is 6.03 Å². The highest BCUT2D eigenvalue weighted by Gasteiger charge is 2.37. The van der Waals surface area contributed by atoms with Gasteiger partial charge in [0.15, 0.2) is 18.1 Å². The van der Waals surface area contributed by atoms with Gasteiger partial charge in [0.25, 0.3) is 17.7 Å². The maximum atomic E-state index is 13.4. The second-order valence-electron chi connectivity index (χ2n) is 9.63. The molecule has 1 aliphatic heterocycles. The molecular weight excluding hydrogens is 637 g/mol. The van der Waals surface area contributed by atoms with Crippen LogP contribution in [0.2, 0.25) is 0 Å². The molecule has 0 aromatic heterocycles. The number of rotatable bonds is 8. The molecule has 0 aliphatic carbocycles. The predicted molar refractivity (Wildman–Crippen MR) is 165 cm³/mol. The van der Waals surface area contributed by atoms with E-state index >= 15 is 0 Å². The number of hydrogen-bond donors (Lipinski definition) is 2. The summed E-state index contributed by atoms with van der Waals surface area (Å²) in [6, 6.07) is 13.3. The third-order valence-electron chi connectivity index (χ3n) is 6.63. The van der Waals surface area contributed by atoms with Gasteiger partial charge in [-0.05, 0) is 128 Å². The van der Waals surface area contributed by atoms with Gasteiger partial charge in [0, 0.05) is 5.69 Å². The van der Waals surface area contributed by atoms with E-state index in [1.807, 2.05) is 74.6 Å². The normalized spacial score (nSPS) is 14.2. The van der Waals surface area contributed by atoms with Crippen LogP contribution in [0.5, 0.6) is 11.5 Å². The third-order valence-corrected chi connectivity index (χ3v) is 7.43. The van der Waals surface area contributed by atoms with Crippen LogP contribution in [0.15, 0.2) is 54.1 Å². The van der Waals surface area contributed by atoms with Gasteiger partial charge in [-0.15, -0.1) is 0 Å². The van der Waals surface area contributed by atoms with Crippen molar-refractivity contribution < 1.29 is 28.7 Å². The molecule has 1 heterocycles. The molecule has 0 atom stereocenters. The van der Waals surface area contributed by atoms with Crippen molar-refractivity contribution in [2.75, 3.05) is 23.4 Å². The van der Waals surface area contributed by atoms with Crippen molar-refractivity contribution in [1.82, 2.24) is 5.32 Å². The lowest BCUT2D eigenvalue weighted by molar-refractivity contribution is -0.122. The maximum Gasteiger partial charge on any atom is 0.335 e. The number of carbonyl (C=O) groups is 4. The molecule has 0 saturated carbocycles. The SMILES string of the molecule is CCOc1cc(/C=C2/C(=O)NC(=O)N(c3ccc(C)c(C)c3)C2=O)cc(I)c1OCC(=O)Nc1ccc(C)c(C)c1. The van der Waals surface area contributed by atoms with Crippen molar-refractivity contribution in [3.05, 3.63) is 85.5 Å². The van der Waals surface area contributed by atoms with Gasteiger partial charge in [0.2, 0.25) is 0 Å². The van der Waals surface area contributed by atoms with Gasteiger partial charge in [-0.2, -0.15) is 0 Å². The number of nitrogens with one attached hydrogen (secondary N) is 2. The number of nitrogens with zero attached hydrogens (tertiary/aromatic N) is 1. The average Bonchev–Trinajstić information content (AvgIpc) is 2.90. The van der Waals surface area contributed by atoms with Crippen molar-refractivity contribution >= 4 is 63.8 Å². The summed E-state index contributed by atoms with van der Waals surface area (Å²) < 4.78 is 12.2. The second kappa shape index (κ2) is 12.5. The van der Waals surface area contributed by atoms with Crippen LogP contribution in [0.4, 0.5) is 16.2 Å². The van der Waals surface area contributed by atoms with E-state index in [0.29, 0.717) is 38.6 Å². The van der Waals surface area contributed by atoms with E-state index in [1.165, 1.54) is 6.08 Å². The summed E-state index contributed by atoms with van der Waals surface area (Å²) in [5.41, 5.74) is 5.41. The summed E-state index contributed by atoms with van der Waals surface area (Å²) in [5, 5.41) is 5.07. The molecule has 41 heavy (non-hydrogen) atoms. The molecule has 2 N–H and O–H groups in total. The number of urea groups is 1. The fourth-order valence-corrected chi connectivity index (χ4v) is 4.93. The minimum atomic E-state index is -0.812. The van der Waals surface area contributed by atoms with Crippen molar-refractivity contribution in [2.45, 2.75) is 34.6 Å². The van der Waals surface area contributed by atoms with Crippen LogP contribution < -0.4 is 25.0 Å². The van der Waals surface area contributed by atoms with Crippen LogP contribution in [0.25, 0.3) is 6.08 Å². The number of aryl methyl sites for hydroxylation is 4. The highest BCUT2D eigenvalue weighted by Crippen LogP contribution is 2.35. The number of hydrogen-bond acceptors (Lipinski definition) is 6. The van der Waals surface area contributed by atoms with Gasteiger partial charge in [-0.25, -0.2) is 9.69 Å². The largest absolute Gasteiger partial charge is 0.490 e. The Kier molecular flexibility index (Phi) is 9.11. The number of benzene rings is 3. The van der Waals surface area contributed by atoms with E-state index < -0.39 is 17.8 Å². The van der Waals surface area contributed by atoms with Gasteiger partial charge in [0.05, 0.1) is 15.9 Å². The molecule has 5 amide bonds. The molecule has 0 spiro atoms. The van der Waals surface area contributed by atoms with Crippen LogP contribution in [-0.2, 0) is 14.4 Å². The molecule has 1 aliphatic rings. The van der Waals surface area contributed by atoms with Crippen LogP contribution in [0, 0.1) is 31.3 Å². The Bertz CT molecular complexity index is 1600. The van der Waals surface area contributed by atoms with E-state index in [1.54, 1.807) is 31.2 Å². The zero-order valence-electron chi connectivity index (χ0n) is 23.4. The molecule has 212 valence electrons. The summed E-state index contributed by atoms with van der Waals surface area (Å²) in [7, 11) is 0. The lowest BCUT2D eigenvalue weighted by Gasteiger charge is -2.27. The molecule has 10 heteroatoms.